The molecule has 0 unspecified atom stereocenters. The summed E-state index contributed by atoms with van der Waals surface area (Å²) in [4.78, 5) is 0. The third-order valence-electron chi connectivity index (χ3n) is 7.02. The molecule has 0 spiro atoms. The number of rotatable bonds is 12. The second kappa shape index (κ2) is 12.8. The summed E-state index contributed by atoms with van der Waals surface area (Å²) in [5.74, 6) is 1.14. The van der Waals surface area contributed by atoms with Crippen LogP contribution in [0.5, 0.6) is 11.5 Å². The molecule has 4 aromatic rings. The van der Waals surface area contributed by atoms with Crippen LogP contribution in [-0.2, 0) is 10.0 Å². The van der Waals surface area contributed by atoms with Gasteiger partial charge in [-0.1, -0.05) is 47.7 Å². The highest BCUT2D eigenvalue weighted by atomic mass is 79.9. The Labute approximate surface area is 260 Å². The van der Waals surface area contributed by atoms with Gasteiger partial charge in [0.25, 0.3) is 0 Å². The topological polar surface area (TPSA) is 120 Å². The van der Waals surface area contributed by atoms with Crippen LogP contribution in [0.4, 0.5) is 10.3 Å². The van der Waals surface area contributed by atoms with E-state index in [1.54, 1.807) is 43.3 Å². The van der Waals surface area contributed by atoms with E-state index in [2.05, 4.69) is 45.8 Å². The van der Waals surface area contributed by atoms with E-state index in [1.165, 1.54) is 37.8 Å². The van der Waals surface area contributed by atoms with Crippen molar-refractivity contribution >= 4 is 40.0 Å². The number of furan rings is 1. The van der Waals surface area contributed by atoms with E-state index in [1.807, 2.05) is 0 Å². The van der Waals surface area contributed by atoms with Crippen molar-refractivity contribution in [1.29, 1.82) is 0 Å². The zero-order valence-electron chi connectivity index (χ0n) is 25.1. The van der Waals surface area contributed by atoms with Gasteiger partial charge in [0.1, 0.15) is 40.1 Å². The van der Waals surface area contributed by atoms with Crippen LogP contribution in [0.1, 0.15) is 24.4 Å². The van der Waals surface area contributed by atoms with Crippen LogP contribution in [0.15, 0.2) is 57.4 Å². The van der Waals surface area contributed by atoms with Gasteiger partial charge in [0, 0.05) is 24.7 Å². The molecule has 0 saturated carbocycles. The molecule has 0 fully saturated rings. The largest absolute Gasteiger partial charge is 0.494 e. The monoisotopic (exact) mass is 694 g/mol. The van der Waals surface area contributed by atoms with Gasteiger partial charge < -0.3 is 19.0 Å². The molecule has 232 valence electrons. The lowest BCUT2D eigenvalue weighted by molar-refractivity contribution is 0.171. The molecule has 43 heavy (non-hydrogen) atoms. The number of aliphatic hydroxyl groups is 1. The highest BCUT2D eigenvalue weighted by Gasteiger charge is 2.40. The summed E-state index contributed by atoms with van der Waals surface area (Å²) in [6.07, 6.45) is -1.67. The minimum absolute atomic E-state index is 0.0463. The first kappa shape index (κ1) is 32.7. The Hall–Kier alpha value is -3.20. The maximum Gasteiger partial charge on any atom is 0.246 e. The first-order valence-electron chi connectivity index (χ1n) is 13.6. The molecule has 0 aliphatic rings. The van der Waals surface area contributed by atoms with Crippen LogP contribution in [0.25, 0.3) is 17.3 Å². The van der Waals surface area contributed by atoms with Gasteiger partial charge in [-0.25, -0.2) is 17.1 Å². The molecule has 1 N–H and O–H groups in total. The predicted octanol–water partition coefficient (Wildman–Crippen LogP) is 6.35. The highest BCUT2D eigenvalue weighted by molar-refractivity contribution is 9.10. The van der Waals surface area contributed by atoms with Crippen LogP contribution in [0.2, 0.25) is 25.7 Å². The number of nitrogens with zero attached hydrogens (tertiary/aromatic N) is 4. The summed E-state index contributed by atoms with van der Waals surface area (Å²) in [6, 6.07) is 13.3. The van der Waals surface area contributed by atoms with Gasteiger partial charge in [-0.15, -0.1) is 10.2 Å². The predicted molar refractivity (Wildman–Crippen MR) is 170 cm³/mol. The van der Waals surface area contributed by atoms with Crippen molar-refractivity contribution in [2.24, 2.45) is 0 Å². The van der Waals surface area contributed by atoms with Crippen molar-refractivity contribution in [2.75, 3.05) is 25.1 Å². The number of anilines is 1. The fourth-order valence-electron chi connectivity index (χ4n) is 4.55. The van der Waals surface area contributed by atoms with Gasteiger partial charge in [-0.05, 0) is 56.3 Å². The number of para-hydroxylation sites is 1. The molecule has 2 atom stereocenters. The lowest BCUT2D eigenvalue weighted by Crippen LogP contribution is -2.44. The Morgan fingerprint density at radius 3 is 2.28 bits per heavy atom. The Balaban J connectivity index is 1.97. The fraction of sp³-hybridized carbons (Fsp3) is 0.379. The number of sulfonamides is 1. The van der Waals surface area contributed by atoms with E-state index in [-0.39, 0.29) is 23.9 Å². The summed E-state index contributed by atoms with van der Waals surface area (Å²) in [7, 11) is -3.23. The molecule has 10 nitrogen and oxygen atoms in total. The van der Waals surface area contributed by atoms with Crippen LogP contribution in [-0.4, -0.2) is 62.4 Å². The summed E-state index contributed by atoms with van der Waals surface area (Å²) < 4.78 is 64.2. The maximum atomic E-state index is 14.9. The molecule has 2 aromatic carbocycles. The number of hydrogen-bond acceptors (Lipinski definition) is 8. The average molecular weight is 696 g/mol. The second-order valence-corrected chi connectivity index (χ2v) is 20.1. The molecule has 4 rings (SSSR count). The van der Waals surface area contributed by atoms with Crippen LogP contribution < -0.4 is 13.8 Å². The zero-order valence-corrected chi connectivity index (χ0v) is 28.5. The van der Waals surface area contributed by atoms with E-state index >= 15 is 0 Å². The Kier molecular flexibility index (Phi) is 9.74. The molecule has 2 aromatic heterocycles. The fourth-order valence-corrected chi connectivity index (χ4v) is 7.50. The Morgan fingerprint density at radius 1 is 1.09 bits per heavy atom. The first-order chi connectivity index (χ1) is 20.2. The van der Waals surface area contributed by atoms with Crippen LogP contribution in [0, 0.1) is 12.7 Å². The molecule has 14 heteroatoms. The molecular weight excluding hydrogens is 659 g/mol. The number of aliphatic hydroxyl groups excluding tert-OH is 1. The Morgan fingerprint density at radius 2 is 1.74 bits per heavy atom. The van der Waals surface area contributed by atoms with Gasteiger partial charge >= 0.3 is 0 Å². The van der Waals surface area contributed by atoms with Crippen molar-refractivity contribution in [3.05, 3.63) is 70.1 Å². The van der Waals surface area contributed by atoms with E-state index in [9.17, 15) is 17.9 Å². The normalized spacial score (nSPS) is 13.5. The SMILES string of the molecule is COc1cccc(OC)c1-n1c(-c2ccc(C)o2)nnc1N(CC[Si](C)(C)C)S(=O)(=O)[C@H](C)[C@@H](O)c1ccc(Br)cc1F. The summed E-state index contributed by atoms with van der Waals surface area (Å²) in [5, 5.41) is 18.5. The van der Waals surface area contributed by atoms with E-state index in [0.717, 1.165) is 4.31 Å². The van der Waals surface area contributed by atoms with Gasteiger partial charge in [0.2, 0.25) is 21.8 Å². The number of methoxy groups -OCH3 is 2. The van der Waals surface area contributed by atoms with Crippen LogP contribution >= 0.6 is 15.9 Å². The van der Waals surface area contributed by atoms with Crippen molar-refractivity contribution in [1.82, 2.24) is 14.8 Å². The average Bonchev–Trinajstić information content (AvgIpc) is 3.57. The summed E-state index contributed by atoms with van der Waals surface area (Å²) >= 11 is 3.20. The summed E-state index contributed by atoms with van der Waals surface area (Å²) in [6.45, 7) is 9.55. The molecule has 0 bridgehead atoms. The van der Waals surface area contributed by atoms with E-state index in [4.69, 9.17) is 13.9 Å². The molecule has 0 saturated heterocycles. The zero-order chi connectivity index (χ0) is 31.7. The van der Waals surface area contributed by atoms with Crippen molar-refractivity contribution < 1.29 is 31.8 Å². The van der Waals surface area contributed by atoms with Gasteiger partial charge in [-0.2, -0.15) is 0 Å². The molecule has 0 radical (unpaired) electrons. The summed E-state index contributed by atoms with van der Waals surface area (Å²) in [5.41, 5.74) is 0.223. The number of benzene rings is 2. The number of aryl methyl sites for hydroxylation is 1. The molecule has 0 aliphatic carbocycles. The van der Waals surface area contributed by atoms with E-state index in [0.29, 0.717) is 39.2 Å². The number of aromatic nitrogens is 3. The Bertz CT molecular complexity index is 1680. The van der Waals surface area contributed by atoms with Crippen LogP contribution in [0.3, 0.4) is 0 Å². The lowest BCUT2D eigenvalue weighted by atomic mass is 10.1. The highest BCUT2D eigenvalue weighted by Crippen LogP contribution is 2.40. The van der Waals surface area contributed by atoms with Crippen molar-refractivity contribution in [2.45, 2.75) is 50.9 Å². The molecule has 0 amide bonds. The minimum atomic E-state index is -4.39. The number of halogens is 2. The molecular formula is C29H36BrFN4O6SSi. The first-order valence-corrected chi connectivity index (χ1v) is 19.6. The van der Waals surface area contributed by atoms with Gasteiger partial charge in [-0.3, -0.25) is 4.57 Å². The molecule has 2 heterocycles. The number of hydrogen-bond donors (Lipinski definition) is 1. The second-order valence-electron chi connectivity index (χ2n) is 11.3. The van der Waals surface area contributed by atoms with Crippen molar-refractivity contribution in [3.63, 3.8) is 0 Å². The smallest absolute Gasteiger partial charge is 0.246 e. The number of ether oxygens (including phenoxy) is 2. The van der Waals surface area contributed by atoms with Crippen molar-refractivity contribution in [3.8, 4) is 28.8 Å². The quantitative estimate of drug-likeness (QED) is 0.170. The lowest BCUT2D eigenvalue weighted by Gasteiger charge is -2.31. The third kappa shape index (κ3) is 6.81. The van der Waals surface area contributed by atoms with Gasteiger partial charge in [0.15, 0.2) is 5.76 Å². The maximum absolute atomic E-state index is 14.9. The minimum Gasteiger partial charge on any atom is -0.494 e. The van der Waals surface area contributed by atoms with Gasteiger partial charge in [0.05, 0.1) is 14.2 Å². The standard InChI is InChI=1S/C29H36BrFN4O6SSi/c1-18-11-14-25(41-18)28-32-33-29(35(28)26-23(39-3)9-8-10-24(26)40-4)34(15-16-43(5,6)7)42(37,38)19(2)27(36)21-13-12-20(30)17-22(21)31/h8-14,17,19,27,36H,15-16H2,1-7H3/t19-,27-/m1/s1. The molecule has 0 aliphatic heterocycles. The third-order valence-corrected chi connectivity index (χ3v) is 11.4. The van der Waals surface area contributed by atoms with E-state index < -0.39 is 35.3 Å².